The Morgan fingerprint density at radius 1 is 1.21 bits per heavy atom. The van der Waals surface area contributed by atoms with E-state index in [0.717, 1.165) is 16.8 Å². The maximum Gasteiger partial charge on any atom is 0.341 e. The van der Waals surface area contributed by atoms with Crippen LogP contribution in [0.1, 0.15) is 15.9 Å². The second-order valence-electron chi connectivity index (χ2n) is 5.34. The second-order valence-corrected chi connectivity index (χ2v) is 5.34. The minimum Gasteiger partial charge on any atom is -0.482 e. The van der Waals surface area contributed by atoms with Crippen molar-refractivity contribution in [3.63, 3.8) is 0 Å². The van der Waals surface area contributed by atoms with Gasteiger partial charge in [0.1, 0.15) is 5.75 Å². The molecule has 2 aromatic heterocycles. The quantitative estimate of drug-likeness (QED) is 0.756. The van der Waals surface area contributed by atoms with Crippen molar-refractivity contribution in [2.75, 3.05) is 11.9 Å². The first-order chi connectivity index (χ1) is 11.5. The molecule has 0 bridgehead atoms. The molecule has 3 aromatic rings. The molecule has 0 unspecified atom stereocenters. The van der Waals surface area contributed by atoms with Crippen LogP contribution >= 0.6 is 0 Å². The number of hydrogen-bond donors (Lipinski definition) is 2. The van der Waals surface area contributed by atoms with Crippen molar-refractivity contribution in [1.82, 2.24) is 4.40 Å². The van der Waals surface area contributed by atoms with Gasteiger partial charge < -0.3 is 19.6 Å². The number of aromatic nitrogens is 1. The molecule has 1 aromatic carbocycles. The molecular weight excluding hydrogens is 308 g/mol. The highest BCUT2D eigenvalue weighted by molar-refractivity contribution is 6.07. The lowest BCUT2D eigenvalue weighted by Gasteiger charge is -2.08. The van der Waals surface area contributed by atoms with E-state index in [2.05, 4.69) is 5.32 Å². The number of carboxylic acids is 1. The fraction of sp³-hybridized carbons (Fsp3) is 0.111. The van der Waals surface area contributed by atoms with Crippen molar-refractivity contribution in [2.24, 2.45) is 0 Å². The van der Waals surface area contributed by atoms with Crippen molar-refractivity contribution < 1.29 is 19.4 Å². The predicted octanol–water partition coefficient (Wildman–Crippen LogP) is 2.96. The molecule has 0 spiro atoms. The van der Waals surface area contributed by atoms with E-state index in [1.165, 1.54) is 6.07 Å². The molecule has 0 fully saturated rings. The molecule has 0 atom stereocenters. The molecule has 0 saturated heterocycles. The zero-order valence-electron chi connectivity index (χ0n) is 13.0. The van der Waals surface area contributed by atoms with Gasteiger partial charge >= 0.3 is 5.97 Å². The summed E-state index contributed by atoms with van der Waals surface area (Å²) in [5.41, 5.74) is 3.00. The third-order valence-electron chi connectivity index (χ3n) is 3.57. The number of nitrogens with one attached hydrogen (secondary N) is 1. The van der Waals surface area contributed by atoms with E-state index in [0.29, 0.717) is 11.3 Å². The number of aliphatic carboxylic acids is 1. The standard InChI is InChI=1S/C18H16N2O4/c1-12-10-20-8-3-2-7-15(20)17(12)19-18(23)13-5-4-6-14(9-13)24-11-16(21)22/h2-10H,11H2,1H3,(H,19,23)(H,21,22). The third-order valence-corrected chi connectivity index (χ3v) is 3.57. The van der Waals surface area contributed by atoms with E-state index in [-0.39, 0.29) is 5.91 Å². The summed E-state index contributed by atoms with van der Waals surface area (Å²) in [7, 11) is 0. The number of anilines is 1. The number of aryl methyl sites for hydroxylation is 1. The minimum atomic E-state index is -1.07. The molecule has 0 saturated carbocycles. The van der Waals surface area contributed by atoms with E-state index in [1.54, 1.807) is 18.2 Å². The summed E-state index contributed by atoms with van der Waals surface area (Å²) in [6, 6.07) is 12.2. The van der Waals surface area contributed by atoms with Gasteiger partial charge in [0.2, 0.25) is 0 Å². The highest BCUT2D eigenvalue weighted by Gasteiger charge is 2.13. The number of carboxylic acid groups (broad SMARTS) is 1. The Bertz CT molecular complexity index is 914. The summed E-state index contributed by atoms with van der Waals surface area (Å²) in [5, 5.41) is 11.6. The average Bonchev–Trinajstić information content (AvgIpc) is 2.89. The van der Waals surface area contributed by atoms with Gasteiger partial charge in [0.25, 0.3) is 5.91 Å². The van der Waals surface area contributed by atoms with Gasteiger partial charge in [0.15, 0.2) is 6.61 Å². The molecule has 6 nitrogen and oxygen atoms in total. The highest BCUT2D eigenvalue weighted by Crippen LogP contribution is 2.24. The van der Waals surface area contributed by atoms with Crippen LogP contribution in [0, 0.1) is 6.92 Å². The summed E-state index contributed by atoms with van der Waals surface area (Å²) in [5.74, 6) is -1.01. The van der Waals surface area contributed by atoms with Gasteiger partial charge in [-0.3, -0.25) is 4.79 Å². The predicted molar refractivity (Wildman–Crippen MR) is 89.7 cm³/mol. The van der Waals surface area contributed by atoms with Gasteiger partial charge in [-0.05, 0) is 42.8 Å². The number of rotatable bonds is 5. The Hall–Kier alpha value is -3.28. The zero-order valence-corrected chi connectivity index (χ0v) is 13.0. The van der Waals surface area contributed by atoms with Gasteiger partial charge in [-0.15, -0.1) is 0 Å². The number of amides is 1. The smallest absolute Gasteiger partial charge is 0.341 e. The lowest BCUT2D eigenvalue weighted by atomic mass is 10.2. The summed E-state index contributed by atoms with van der Waals surface area (Å²) in [6.07, 6.45) is 3.86. The first-order valence-corrected chi connectivity index (χ1v) is 7.37. The lowest BCUT2D eigenvalue weighted by molar-refractivity contribution is -0.139. The SMILES string of the molecule is Cc1cn2ccccc2c1NC(=O)c1cccc(OCC(=O)O)c1. The number of ether oxygens (including phenoxy) is 1. The van der Waals surface area contributed by atoms with Crippen LogP contribution in [0.2, 0.25) is 0 Å². The van der Waals surface area contributed by atoms with Crippen LogP contribution in [0.3, 0.4) is 0 Å². The van der Waals surface area contributed by atoms with E-state index >= 15 is 0 Å². The van der Waals surface area contributed by atoms with Gasteiger partial charge in [-0.25, -0.2) is 4.79 Å². The molecule has 2 heterocycles. The monoisotopic (exact) mass is 324 g/mol. The number of nitrogens with zero attached hydrogens (tertiary/aromatic N) is 1. The van der Waals surface area contributed by atoms with Crippen LogP contribution in [-0.2, 0) is 4.79 Å². The average molecular weight is 324 g/mol. The van der Waals surface area contributed by atoms with Gasteiger partial charge in [0.05, 0.1) is 11.2 Å². The number of benzene rings is 1. The Labute approximate surface area is 138 Å². The number of carbonyl (C=O) groups is 2. The van der Waals surface area contributed by atoms with E-state index < -0.39 is 12.6 Å². The summed E-state index contributed by atoms with van der Waals surface area (Å²) in [4.78, 5) is 23.1. The first kappa shape index (κ1) is 15.6. The Balaban J connectivity index is 1.83. The Kier molecular flexibility index (Phi) is 4.20. The summed E-state index contributed by atoms with van der Waals surface area (Å²) in [6.45, 7) is 1.48. The summed E-state index contributed by atoms with van der Waals surface area (Å²) >= 11 is 0. The van der Waals surface area contributed by atoms with Crippen LogP contribution in [0.4, 0.5) is 5.69 Å². The van der Waals surface area contributed by atoms with Crippen molar-refractivity contribution in [1.29, 1.82) is 0 Å². The van der Waals surface area contributed by atoms with Crippen molar-refractivity contribution in [3.8, 4) is 5.75 Å². The Morgan fingerprint density at radius 3 is 2.83 bits per heavy atom. The molecule has 24 heavy (non-hydrogen) atoms. The van der Waals surface area contributed by atoms with Crippen LogP contribution < -0.4 is 10.1 Å². The fourth-order valence-corrected chi connectivity index (χ4v) is 2.48. The third kappa shape index (κ3) is 3.22. The molecule has 6 heteroatoms. The topological polar surface area (TPSA) is 80.0 Å². The fourth-order valence-electron chi connectivity index (χ4n) is 2.48. The van der Waals surface area contributed by atoms with Crippen LogP contribution in [-0.4, -0.2) is 28.0 Å². The van der Waals surface area contributed by atoms with Crippen LogP contribution in [0.15, 0.2) is 54.9 Å². The van der Waals surface area contributed by atoms with E-state index in [1.807, 2.05) is 41.9 Å². The number of carbonyl (C=O) groups excluding carboxylic acids is 1. The summed E-state index contributed by atoms with van der Waals surface area (Å²) < 4.78 is 7.05. The maximum atomic E-state index is 12.5. The van der Waals surface area contributed by atoms with Crippen LogP contribution in [0.25, 0.3) is 5.52 Å². The molecule has 122 valence electrons. The van der Waals surface area contributed by atoms with Crippen molar-refractivity contribution >= 4 is 23.1 Å². The zero-order chi connectivity index (χ0) is 17.1. The number of fused-ring (bicyclic) bond motifs is 1. The first-order valence-electron chi connectivity index (χ1n) is 7.37. The van der Waals surface area contributed by atoms with Gasteiger partial charge in [-0.1, -0.05) is 12.1 Å². The van der Waals surface area contributed by atoms with E-state index in [9.17, 15) is 9.59 Å². The second kappa shape index (κ2) is 6.45. The molecule has 2 N–H and O–H groups in total. The van der Waals surface area contributed by atoms with Gasteiger partial charge in [-0.2, -0.15) is 0 Å². The van der Waals surface area contributed by atoms with Gasteiger partial charge in [0, 0.05) is 18.0 Å². The number of pyridine rings is 1. The molecule has 0 aliphatic heterocycles. The molecule has 3 rings (SSSR count). The van der Waals surface area contributed by atoms with E-state index in [4.69, 9.17) is 9.84 Å². The van der Waals surface area contributed by atoms with Crippen molar-refractivity contribution in [3.05, 3.63) is 66.0 Å². The normalized spacial score (nSPS) is 10.5. The Morgan fingerprint density at radius 2 is 2.04 bits per heavy atom. The minimum absolute atomic E-state index is 0.282. The molecule has 0 radical (unpaired) electrons. The molecule has 0 aliphatic rings. The molecular formula is C18H16N2O4. The molecule has 1 amide bonds. The largest absolute Gasteiger partial charge is 0.482 e. The maximum absolute atomic E-state index is 12.5. The van der Waals surface area contributed by atoms with Crippen molar-refractivity contribution in [2.45, 2.75) is 6.92 Å². The molecule has 0 aliphatic carbocycles. The highest BCUT2D eigenvalue weighted by atomic mass is 16.5. The number of hydrogen-bond acceptors (Lipinski definition) is 3. The van der Waals surface area contributed by atoms with Crippen LogP contribution in [0.5, 0.6) is 5.75 Å². The lowest BCUT2D eigenvalue weighted by Crippen LogP contribution is -2.13.